The standard InChI is InChI=1S/C10H14N2O2/c11-8-4-1-2-5-9(8)14-7-3-6-10(12)13/h1-2,4-5H,3,6-7,11H2,(H2,12,13). The van der Waals surface area contributed by atoms with Gasteiger partial charge in [-0.25, -0.2) is 0 Å². The topological polar surface area (TPSA) is 78.3 Å². The molecule has 0 aliphatic carbocycles. The van der Waals surface area contributed by atoms with Crippen LogP contribution in [0, 0.1) is 0 Å². The van der Waals surface area contributed by atoms with E-state index in [1.807, 2.05) is 12.1 Å². The van der Waals surface area contributed by atoms with Crippen molar-refractivity contribution in [2.24, 2.45) is 5.73 Å². The quantitative estimate of drug-likeness (QED) is 0.540. The molecule has 0 aliphatic heterocycles. The predicted octanol–water partition coefficient (Wildman–Crippen LogP) is 0.913. The Morgan fingerprint density at radius 1 is 1.36 bits per heavy atom. The number of amides is 1. The third-order valence-corrected chi connectivity index (χ3v) is 1.74. The van der Waals surface area contributed by atoms with Crippen molar-refractivity contribution >= 4 is 11.6 Å². The average molecular weight is 194 g/mol. The molecule has 1 aromatic rings. The zero-order valence-electron chi connectivity index (χ0n) is 7.90. The van der Waals surface area contributed by atoms with E-state index in [0.717, 1.165) is 0 Å². The molecule has 1 aromatic carbocycles. The van der Waals surface area contributed by atoms with Gasteiger partial charge in [0.15, 0.2) is 0 Å². The second kappa shape index (κ2) is 5.11. The first-order valence-corrected chi connectivity index (χ1v) is 4.46. The van der Waals surface area contributed by atoms with Gasteiger partial charge >= 0.3 is 0 Å². The lowest BCUT2D eigenvalue weighted by molar-refractivity contribution is -0.118. The van der Waals surface area contributed by atoms with Crippen molar-refractivity contribution in [3.8, 4) is 5.75 Å². The van der Waals surface area contributed by atoms with Crippen molar-refractivity contribution in [2.45, 2.75) is 12.8 Å². The summed E-state index contributed by atoms with van der Waals surface area (Å²) >= 11 is 0. The Morgan fingerprint density at radius 2 is 2.07 bits per heavy atom. The minimum Gasteiger partial charge on any atom is -0.491 e. The summed E-state index contributed by atoms with van der Waals surface area (Å²) in [5.74, 6) is 0.339. The fourth-order valence-corrected chi connectivity index (χ4v) is 1.04. The van der Waals surface area contributed by atoms with Crippen LogP contribution in [-0.4, -0.2) is 12.5 Å². The molecule has 14 heavy (non-hydrogen) atoms. The first-order valence-electron chi connectivity index (χ1n) is 4.46. The van der Waals surface area contributed by atoms with Gasteiger partial charge in [-0.15, -0.1) is 0 Å². The van der Waals surface area contributed by atoms with Crippen LogP contribution >= 0.6 is 0 Å². The number of carbonyl (C=O) groups is 1. The highest BCUT2D eigenvalue weighted by atomic mass is 16.5. The molecule has 0 bridgehead atoms. The van der Waals surface area contributed by atoms with Crippen LogP contribution in [0.5, 0.6) is 5.75 Å². The van der Waals surface area contributed by atoms with Crippen molar-refractivity contribution in [2.75, 3.05) is 12.3 Å². The average Bonchev–Trinajstić information content (AvgIpc) is 2.15. The summed E-state index contributed by atoms with van der Waals surface area (Å²) in [5, 5.41) is 0. The number of hydrogen-bond donors (Lipinski definition) is 2. The molecule has 4 nitrogen and oxygen atoms in total. The highest BCUT2D eigenvalue weighted by molar-refractivity contribution is 5.73. The molecule has 0 atom stereocenters. The molecule has 0 radical (unpaired) electrons. The number of para-hydroxylation sites is 2. The van der Waals surface area contributed by atoms with Crippen LogP contribution in [0.15, 0.2) is 24.3 Å². The minimum absolute atomic E-state index is 0.311. The van der Waals surface area contributed by atoms with E-state index in [4.69, 9.17) is 16.2 Å². The molecule has 0 fully saturated rings. The number of carbonyl (C=O) groups excluding carboxylic acids is 1. The molecule has 0 aromatic heterocycles. The summed E-state index contributed by atoms with van der Waals surface area (Å²) in [6, 6.07) is 7.24. The van der Waals surface area contributed by atoms with E-state index in [0.29, 0.717) is 30.9 Å². The number of primary amides is 1. The lowest BCUT2D eigenvalue weighted by atomic mass is 10.3. The second-order valence-electron chi connectivity index (χ2n) is 2.96. The van der Waals surface area contributed by atoms with Crippen molar-refractivity contribution in [1.82, 2.24) is 0 Å². The Bertz CT molecular complexity index is 313. The molecular formula is C10H14N2O2. The molecule has 0 aliphatic rings. The lowest BCUT2D eigenvalue weighted by Gasteiger charge is -2.07. The van der Waals surface area contributed by atoms with Gasteiger partial charge in [0.2, 0.25) is 5.91 Å². The molecule has 0 saturated carbocycles. The van der Waals surface area contributed by atoms with Crippen molar-refractivity contribution < 1.29 is 9.53 Å². The van der Waals surface area contributed by atoms with Crippen LogP contribution in [0.25, 0.3) is 0 Å². The highest BCUT2D eigenvalue weighted by Gasteiger charge is 1.99. The van der Waals surface area contributed by atoms with Gasteiger partial charge in [0.25, 0.3) is 0 Å². The summed E-state index contributed by atoms with van der Waals surface area (Å²) in [6.07, 6.45) is 0.955. The van der Waals surface area contributed by atoms with E-state index in [-0.39, 0.29) is 5.91 Å². The van der Waals surface area contributed by atoms with Gasteiger partial charge < -0.3 is 16.2 Å². The fourth-order valence-electron chi connectivity index (χ4n) is 1.04. The van der Waals surface area contributed by atoms with Gasteiger partial charge in [-0.3, -0.25) is 4.79 Å². The van der Waals surface area contributed by atoms with E-state index >= 15 is 0 Å². The maximum atomic E-state index is 10.4. The van der Waals surface area contributed by atoms with E-state index in [2.05, 4.69) is 0 Å². The smallest absolute Gasteiger partial charge is 0.217 e. The first kappa shape index (κ1) is 10.4. The van der Waals surface area contributed by atoms with Crippen molar-refractivity contribution in [3.05, 3.63) is 24.3 Å². The summed E-state index contributed by atoms with van der Waals surface area (Å²) < 4.78 is 5.35. The molecule has 76 valence electrons. The van der Waals surface area contributed by atoms with Crippen LogP contribution in [0.4, 0.5) is 5.69 Å². The van der Waals surface area contributed by atoms with Crippen LogP contribution in [0.2, 0.25) is 0 Å². The number of ether oxygens (including phenoxy) is 1. The molecule has 0 spiro atoms. The van der Waals surface area contributed by atoms with Crippen molar-refractivity contribution in [1.29, 1.82) is 0 Å². The molecule has 1 rings (SSSR count). The van der Waals surface area contributed by atoms with Gasteiger partial charge in [-0.1, -0.05) is 12.1 Å². The van der Waals surface area contributed by atoms with Crippen LogP contribution in [-0.2, 0) is 4.79 Å². The van der Waals surface area contributed by atoms with Crippen molar-refractivity contribution in [3.63, 3.8) is 0 Å². The monoisotopic (exact) mass is 194 g/mol. The number of benzene rings is 1. The maximum absolute atomic E-state index is 10.4. The molecule has 0 unspecified atom stereocenters. The van der Waals surface area contributed by atoms with Crippen LogP contribution < -0.4 is 16.2 Å². The summed E-state index contributed by atoms with van der Waals surface area (Å²) in [5.41, 5.74) is 11.2. The molecular weight excluding hydrogens is 180 g/mol. The Hall–Kier alpha value is -1.71. The largest absolute Gasteiger partial charge is 0.491 e. The Morgan fingerprint density at radius 3 is 2.71 bits per heavy atom. The van der Waals surface area contributed by atoms with Crippen LogP contribution in [0.3, 0.4) is 0 Å². The maximum Gasteiger partial charge on any atom is 0.217 e. The summed E-state index contributed by atoms with van der Waals surface area (Å²) in [7, 11) is 0. The molecule has 0 heterocycles. The molecule has 1 amide bonds. The number of hydrogen-bond acceptors (Lipinski definition) is 3. The van der Waals surface area contributed by atoms with E-state index in [9.17, 15) is 4.79 Å². The van der Waals surface area contributed by atoms with Gasteiger partial charge in [0.1, 0.15) is 5.75 Å². The normalized spacial score (nSPS) is 9.71. The molecule has 0 saturated heterocycles. The van der Waals surface area contributed by atoms with E-state index in [1.165, 1.54) is 0 Å². The van der Waals surface area contributed by atoms with E-state index < -0.39 is 0 Å². The number of nitrogen functional groups attached to an aromatic ring is 1. The summed E-state index contributed by atoms with van der Waals surface area (Å²) in [4.78, 5) is 10.4. The van der Waals surface area contributed by atoms with Gasteiger partial charge in [-0.05, 0) is 18.6 Å². The van der Waals surface area contributed by atoms with Gasteiger partial charge in [-0.2, -0.15) is 0 Å². The number of nitrogens with two attached hydrogens (primary N) is 2. The number of anilines is 1. The highest BCUT2D eigenvalue weighted by Crippen LogP contribution is 2.19. The zero-order chi connectivity index (χ0) is 10.4. The fraction of sp³-hybridized carbons (Fsp3) is 0.300. The van der Waals surface area contributed by atoms with Crippen LogP contribution in [0.1, 0.15) is 12.8 Å². The third kappa shape index (κ3) is 3.35. The minimum atomic E-state index is -0.311. The zero-order valence-corrected chi connectivity index (χ0v) is 7.90. The Kier molecular flexibility index (Phi) is 3.79. The molecule has 4 N–H and O–H groups in total. The predicted molar refractivity (Wildman–Crippen MR) is 54.8 cm³/mol. The second-order valence-corrected chi connectivity index (χ2v) is 2.96. The van der Waals surface area contributed by atoms with Gasteiger partial charge in [0, 0.05) is 6.42 Å². The Balaban J connectivity index is 2.31. The Labute approximate surface area is 82.8 Å². The SMILES string of the molecule is NC(=O)CCCOc1ccccc1N. The lowest BCUT2D eigenvalue weighted by Crippen LogP contribution is -2.12. The summed E-state index contributed by atoms with van der Waals surface area (Å²) in [6.45, 7) is 0.456. The third-order valence-electron chi connectivity index (χ3n) is 1.74. The van der Waals surface area contributed by atoms with Gasteiger partial charge in [0.05, 0.1) is 12.3 Å². The van der Waals surface area contributed by atoms with E-state index in [1.54, 1.807) is 12.1 Å². The first-order chi connectivity index (χ1) is 6.70. The number of rotatable bonds is 5. The molecule has 4 heteroatoms.